The van der Waals surface area contributed by atoms with Crippen LogP contribution in [0.2, 0.25) is 0 Å². The lowest BCUT2D eigenvalue weighted by atomic mass is 10.1. The summed E-state index contributed by atoms with van der Waals surface area (Å²) < 4.78 is 0. The van der Waals surface area contributed by atoms with Crippen LogP contribution in [0, 0.1) is 0 Å². The van der Waals surface area contributed by atoms with Crippen LogP contribution in [0.25, 0.3) is 0 Å². The molecule has 0 amide bonds. The summed E-state index contributed by atoms with van der Waals surface area (Å²) in [4.78, 5) is 7.89. The number of hydrogen-bond acceptors (Lipinski definition) is 4. The summed E-state index contributed by atoms with van der Waals surface area (Å²) in [5.74, 6) is 0.318. The zero-order valence-electron chi connectivity index (χ0n) is 10.0. The van der Waals surface area contributed by atoms with Gasteiger partial charge in [-0.2, -0.15) is 0 Å². The van der Waals surface area contributed by atoms with Crippen molar-refractivity contribution in [1.82, 2.24) is 15.3 Å². The molecule has 18 heavy (non-hydrogen) atoms. The maximum atomic E-state index is 5.41. The molecule has 1 aromatic heterocycles. The second-order valence-electron chi connectivity index (χ2n) is 3.86. The van der Waals surface area contributed by atoms with Gasteiger partial charge in [0.1, 0.15) is 0 Å². The second-order valence-corrected chi connectivity index (χ2v) is 3.86. The van der Waals surface area contributed by atoms with Gasteiger partial charge in [0, 0.05) is 24.5 Å². The Morgan fingerprint density at radius 2 is 1.67 bits per heavy atom. The maximum absolute atomic E-state index is 5.41. The van der Waals surface area contributed by atoms with Gasteiger partial charge in [0.25, 0.3) is 0 Å². The lowest BCUT2D eigenvalue weighted by Gasteiger charge is -2.04. The highest BCUT2D eigenvalue weighted by molar-refractivity contribution is 5.85. The first kappa shape index (κ1) is 14.4. The van der Waals surface area contributed by atoms with Crippen molar-refractivity contribution in [3.05, 3.63) is 53.9 Å². The third-order valence-corrected chi connectivity index (χ3v) is 2.49. The highest BCUT2D eigenvalue weighted by atomic mass is 35.5. The molecule has 0 radical (unpaired) electrons. The van der Waals surface area contributed by atoms with Gasteiger partial charge in [-0.05, 0) is 18.5 Å². The molecule has 0 spiro atoms. The summed E-state index contributed by atoms with van der Waals surface area (Å²) in [7, 11) is 0. The molecule has 0 bridgehead atoms. The Labute approximate surface area is 113 Å². The molecule has 0 aliphatic heterocycles. The van der Waals surface area contributed by atoms with Gasteiger partial charge in [-0.15, -0.1) is 12.4 Å². The largest absolute Gasteiger partial charge is 0.368 e. The third kappa shape index (κ3) is 4.69. The Hall–Kier alpha value is -1.65. The molecule has 0 fully saturated rings. The van der Waals surface area contributed by atoms with E-state index in [-0.39, 0.29) is 12.4 Å². The number of nitrogens with zero attached hydrogens (tertiary/aromatic N) is 2. The molecule has 3 N–H and O–H groups in total. The molecule has 0 atom stereocenters. The smallest absolute Gasteiger partial charge is 0.219 e. The number of nitrogens with two attached hydrogens (primary N) is 1. The van der Waals surface area contributed by atoms with Crippen molar-refractivity contribution in [2.24, 2.45) is 0 Å². The van der Waals surface area contributed by atoms with Gasteiger partial charge in [-0.3, -0.25) is 0 Å². The van der Waals surface area contributed by atoms with Crippen molar-refractivity contribution in [2.75, 3.05) is 12.3 Å². The Bertz CT molecular complexity index is 444. The molecule has 0 aliphatic carbocycles. The highest BCUT2D eigenvalue weighted by Gasteiger charge is 1.95. The predicted molar refractivity (Wildman–Crippen MR) is 75.5 cm³/mol. The van der Waals surface area contributed by atoms with Crippen LogP contribution >= 0.6 is 12.4 Å². The molecule has 1 heterocycles. The normalized spacial score (nSPS) is 9.78. The number of nitrogens with one attached hydrogen (secondary N) is 1. The average molecular weight is 265 g/mol. The Balaban J connectivity index is 0.00000162. The first-order valence-corrected chi connectivity index (χ1v) is 5.65. The van der Waals surface area contributed by atoms with Crippen molar-refractivity contribution in [1.29, 1.82) is 0 Å². The van der Waals surface area contributed by atoms with E-state index >= 15 is 0 Å². The molecule has 1 aromatic carbocycles. The van der Waals surface area contributed by atoms with E-state index in [0.717, 1.165) is 25.1 Å². The Morgan fingerprint density at radius 1 is 1.00 bits per heavy atom. The summed E-state index contributed by atoms with van der Waals surface area (Å²) in [5, 5.41) is 3.35. The van der Waals surface area contributed by atoms with E-state index in [9.17, 15) is 0 Å². The van der Waals surface area contributed by atoms with Crippen LogP contribution in [0.4, 0.5) is 5.95 Å². The van der Waals surface area contributed by atoms with Crippen molar-refractivity contribution < 1.29 is 0 Å². The fourth-order valence-corrected chi connectivity index (χ4v) is 1.57. The number of benzene rings is 1. The summed E-state index contributed by atoms with van der Waals surface area (Å²) in [5.41, 5.74) is 7.80. The minimum Gasteiger partial charge on any atom is -0.368 e. The number of halogens is 1. The van der Waals surface area contributed by atoms with Gasteiger partial charge in [0.2, 0.25) is 5.95 Å². The van der Waals surface area contributed by atoms with Gasteiger partial charge in [-0.1, -0.05) is 30.3 Å². The summed E-state index contributed by atoms with van der Waals surface area (Å²) >= 11 is 0. The van der Waals surface area contributed by atoms with E-state index in [0.29, 0.717) is 5.95 Å². The molecule has 0 saturated carbocycles. The van der Waals surface area contributed by atoms with Crippen molar-refractivity contribution >= 4 is 18.4 Å². The van der Waals surface area contributed by atoms with E-state index in [1.165, 1.54) is 5.56 Å². The summed E-state index contributed by atoms with van der Waals surface area (Å²) in [6, 6.07) is 10.4. The van der Waals surface area contributed by atoms with Crippen LogP contribution < -0.4 is 11.1 Å². The minimum absolute atomic E-state index is 0. The number of hydrogen-bond donors (Lipinski definition) is 2. The minimum atomic E-state index is 0. The third-order valence-electron chi connectivity index (χ3n) is 2.49. The standard InChI is InChI=1S/C13H16N4.ClH/c14-13-16-9-12(10-17-13)8-15-7-6-11-4-2-1-3-5-11;/h1-5,9-10,15H,6-8H2,(H2,14,16,17);1H. The maximum Gasteiger partial charge on any atom is 0.219 e. The van der Waals surface area contributed by atoms with Gasteiger partial charge >= 0.3 is 0 Å². The van der Waals surface area contributed by atoms with E-state index in [1.807, 2.05) is 6.07 Å². The molecule has 0 saturated heterocycles. The van der Waals surface area contributed by atoms with E-state index in [4.69, 9.17) is 5.73 Å². The average Bonchev–Trinajstić information content (AvgIpc) is 2.38. The molecular weight excluding hydrogens is 248 g/mol. The predicted octanol–water partition coefficient (Wildman–Crippen LogP) is 1.81. The lowest BCUT2D eigenvalue weighted by molar-refractivity contribution is 0.683. The van der Waals surface area contributed by atoms with Crippen molar-refractivity contribution in [3.63, 3.8) is 0 Å². The molecular formula is C13H17ClN4. The van der Waals surface area contributed by atoms with Crippen LogP contribution in [0.15, 0.2) is 42.7 Å². The highest BCUT2D eigenvalue weighted by Crippen LogP contribution is 1.99. The molecule has 0 aliphatic rings. The van der Waals surface area contributed by atoms with E-state index in [2.05, 4.69) is 39.6 Å². The van der Waals surface area contributed by atoms with Gasteiger partial charge < -0.3 is 11.1 Å². The molecule has 2 aromatic rings. The second kappa shape index (κ2) is 7.63. The quantitative estimate of drug-likeness (QED) is 0.809. The molecule has 96 valence electrons. The molecule has 5 heteroatoms. The van der Waals surface area contributed by atoms with Crippen LogP contribution in [-0.4, -0.2) is 16.5 Å². The topological polar surface area (TPSA) is 63.8 Å². The number of rotatable bonds is 5. The fourth-order valence-electron chi connectivity index (χ4n) is 1.57. The van der Waals surface area contributed by atoms with Crippen LogP contribution in [0.5, 0.6) is 0 Å². The number of anilines is 1. The van der Waals surface area contributed by atoms with Gasteiger partial charge in [0.15, 0.2) is 0 Å². The van der Waals surface area contributed by atoms with Gasteiger partial charge in [-0.25, -0.2) is 9.97 Å². The summed E-state index contributed by atoms with van der Waals surface area (Å²) in [6.45, 7) is 1.71. The zero-order chi connectivity index (χ0) is 11.9. The van der Waals surface area contributed by atoms with Crippen molar-refractivity contribution in [2.45, 2.75) is 13.0 Å². The van der Waals surface area contributed by atoms with E-state index < -0.39 is 0 Å². The van der Waals surface area contributed by atoms with Crippen LogP contribution in [0.1, 0.15) is 11.1 Å². The SMILES string of the molecule is Cl.Nc1ncc(CNCCc2ccccc2)cn1. The molecule has 0 unspecified atom stereocenters. The van der Waals surface area contributed by atoms with Gasteiger partial charge in [0.05, 0.1) is 0 Å². The Morgan fingerprint density at radius 3 is 2.33 bits per heavy atom. The zero-order valence-corrected chi connectivity index (χ0v) is 10.9. The Kier molecular flexibility index (Phi) is 6.11. The fraction of sp³-hybridized carbons (Fsp3) is 0.231. The van der Waals surface area contributed by atoms with Crippen LogP contribution in [0.3, 0.4) is 0 Å². The van der Waals surface area contributed by atoms with Crippen LogP contribution in [-0.2, 0) is 13.0 Å². The first-order chi connectivity index (χ1) is 8.34. The number of aromatic nitrogens is 2. The molecule has 4 nitrogen and oxygen atoms in total. The lowest BCUT2D eigenvalue weighted by Crippen LogP contribution is -2.17. The van der Waals surface area contributed by atoms with E-state index in [1.54, 1.807) is 12.4 Å². The first-order valence-electron chi connectivity index (χ1n) is 5.65. The van der Waals surface area contributed by atoms with Crippen molar-refractivity contribution in [3.8, 4) is 0 Å². The molecule has 2 rings (SSSR count). The monoisotopic (exact) mass is 264 g/mol. The summed E-state index contributed by atoms with van der Waals surface area (Å²) in [6.07, 6.45) is 4.52. The number of nitrogen functional groups attached to an aromatic ring is 1.